The lowest BCUT2D eigenvalue weighted by atomic mass is 9.93. The topological polar surface area (TPSA) is 58.1 Å². The summed E-state index contributed by atoms with van der Waals surface area (Å²) in [4.78, 5) is 22.7. The summed E-state index contributed by atoms with van der Waals surface area (Å²) in [5, 5.41) is 2.76. The molecule has 1 aliphatic heterocycles. The number of rotatable bonds is 6. The van der Waals surface area contributed by atoms with Crippen LogP contribution in [-0.4, -0.2) is 29.0 Å². The van der Waals surface area contributed by atoms with E-state index in [-0.39, 0.29) is 12.5 Å². The van der Waals surface area contributed by atoms with E-state index in [1.165, 1.54) is 6.07 Å². The molecule has 1 N–H and O–H groups in total. The first-order valence-electron chi connectivity index (χ1n) is 8.83. The number of amides is 1. The highest BCUT2D eigenvalue weighted by molar-refractivity contribution is 5.75. The lowest BCUT2D eigenvalue weighted by Gasteiger charge is -2.33. The highest BCUT2D eigenvalue weighted by Crippen LogP contribution is 2.24. The molecular formula is C19H22F2N4O. The van der Waals surface area contributed by atoms with Gasteiger partial charge in [-0.05, 0) is 42.9 Å². The molecule has 1 aromatic carbocycles. The van der Waals surface area contributed by atoms with Gasteiger partial charge in [0.25, 0.3) is 0 Å². The fourth-order valence-electron chi connectivity index (χ4n) is 3.24. The summed E-state index contributed by atoms with van der Waals surface area (Å²) >= 11 is 0. The Morgan fingerprint density at radius 2 is 2.15 bits per heavy atom. The van der Waals surface area contributed by atoms with Crippen molar-refractivity contribution in [1.29, 1.82) is 0 Å². The Labute approximate surface area is 151 Å². The molecule has 0 aliphatic carbocycles. The molecule has 1 atom stereocenters. The highest BCUT2D eigenvalue weighted by Gasteiger charge is 2.21. The van der Waals surface area contributed by atoms with Crippen LogP contribution >= 0.6 is 0 Å². The second kappa shape index (κ2) is 8.69. The number of aromatic nitrogens is 2. The highest BCUT2D eigenvalue weighted by atomic mass is 19.2. The largest absolute Gasteiger partial charge is 0.355 e. The molecule has 0 unspecified atom stereocenters. The van der Waals surface area contributed by atoms with Crippen LogP contribution in [0.5, 0.6) is 0 Å². The monoisotopic (exact) mass is 360 g/mol. The third kappa shape index (κ3) is 4.97. The minimum absolute atomic E-state index is 0.0774. The fraction of sp³-hybridized carbons (Fsp3) is 0.421. The van der Waals surface area contributed by atoms with Crippen molar-refractivity contribution >= 4 is 11.7 Å². The van der Waals surface area contributed by atoms with Crippen LogP contribution in [0.1, 0.15) is 31.2 Å². The van der Waals surface area contributed by atoms with Gasteiger partial charge in [0.15, 0.2) is 11.6 Å². The van der Waals surface area contributed by atoms with Gasteiger partial charge in [-0.2, -0.15) is 0 Å². The molecule has 7 heteroatoms. The molecule has 0 saturated carbocycles. The summed E-state index contributed by atoms with van der Waals surface area (Å²) in [5.74, 6) is -0.556. The first-order chi connectivity index (χ1) is 12.6. The molecule has 1 amide bonds. The van der Waals surface area contributed by atoms with E-state index in [0.29, 0.717) is 17.9 Å². The predicted octanol–water partition coefficient (Wildman–Crippen LogP) is 3.07. The first-order valence-corrected chi connectivity index (χ1v) is 8.83. The summed E-state index contributed by atoms with van der Waals surface area (Å²) in [5.41, 5.74) is 0.545. The molecule has 0 spiro atoms. The zero-order valence-corrected chi connectivity index (χ0v) is 14.5. The minimum atomic E-state index is -0.900. The van der Waals surface area contributed by atoms with Crippen molar-refractivity contribution < 1.29 is 13.6 Å². The standard InChI is InChI=1S/C19H22F2N4O/c20-16-5-3-15(10-17(16)21)11-24-19(26)6-4-14-2-1-9-25(13-14)18-12-22-7-8-23-18/h3,5,7-8,10,12,14H,1-2,4,6,9,11,13H2,(H,24,26)/t14-/m0/s1. The molecule has 1 aliphatic rings. The number of halogens is 2. The van der Waals surface area contributed by atoms with E-state index in [0.717, 1.165) is 50.3 Å². The van der Waals surface area contributed by atoms with Gasteiger partial charge in [-0.25, -0.2) is 13.8 Å². The van der Waals surface area contributed by atoms with Crippen LogP contribution < -0.4 is 10.2 Å². The van der Waals surface area contributed by atoms with E-state index in [1.54, 1.807) is 18.6 Å². The number of nitrogens with zero attached hydrogens (tertiary/aromatic N) is 3. The summed E-state index contributed by atoms with van der Waals surface area (Å²) in [6, 6.07) is 3.65. The fourth-order valence-corrected chi connectivity index (χ4v) is 3.24. The van der Waals surface area contributed by atoms with Gasteiger partial charge in [0.1, 0.15) is 5.82 Å². The predicted molar refractivity (Wildman–Crippen MR) is 94.4 cm³/mol. The van der Waals surface area contributed by atoms with E-state index < -0.39 is 11.6 Å². The molecule has 2 heterocycles. The van der Waals surface area contributed by atoms with Crippen molar-refractivity contribution in [3.05, 3.63) is 54.0 Å². The van der Waals surface area contributed by atoms with Crippen molar-refractivity contribution in [3.63, 3.8) is 0 Å². The lowest BCUT2D eigenvalue weighted by molar-refractivity contribution is -0.121. The Bertz CT molecular complexity index is 742. The van der Waals surface area contributed by atoms with Gasteiger partial charge in [-0.3, -0.25) is 9.78 Å². The SMILES string of the molecule is O=C(CC[C@@H]1CCCN(c2cnccn2)C1)NCc1ccc(F)c(F)c1. The van der Waals surface area contributed by atoms with Gasteiger partial charge in [0.05, 0.1) is 6.20 Å². The van der Waals surface area contributed by atoms with Crippen molar-refractivity contribution in [3.8, 4) is 0 Å². The average Bonchev–Trinajstić information content (AvgIpc) is 2.68. The average molecular weight is 360 g/mol. The van der Waals surface area contributed by atoms with E-state index in [1.807, 2.05) is 0 Å². The van der Waals surface area contributed by atoms with Crippen LogP contribution in [0.2, 0.25) is 0 Å². The number of hydrogen-bond donors (Lipinski definition) is 1. The number of carbonyl (C=O) groups excluding carboxylic acids is 1. The van der Waals surface area contributed by atoms with Gasteiger partial charge in [-0.1, -0.05) is 6.07 Å². The van der Waals surface area contributed by atoms with Crippen LogP contribution in [0.4, 0.5) is 14.6 Å². The van der Waals surface area contributed by atoms with E-state index >= 15 is 0 Å². The maximum absolute atomic E-state index is 13.2. The summed E-state index contributed by atoms with van der Waals surface area (Å²) in [6.45, 7) is 2.03. The van der Waals surface area contributed by atoms with Crippen LogP contribution in [-0.2, 0) is 11.3 Å². The Balaban J connectivity index is 1.43. The van der Waals surface area contributed by atoms with Crippen LogP contribution in [0.15, 0.2) is 36.8 Å². The maximum Gasteiger partial charge on any atom is 0.220 e. The molecule has 2 aromatic rings. The molecule has 0 radical (unpaired) electrons. The van der Waals surface area contributed by atoms with Gasteiger partial charge in [0, 0.05) is 38.4 Å². The Morgan fingerprint density at radius 3 is 2.92 bits per heavy atom. The zero-order chi connectivity index (χ0) is 18.4. The zero-order valence-electron chi connectivity index (χ0n) is 14.5. The van der Waals surface area contributed by atoms with Gasteiger partial charge in [0.2, 0.25) is 5.91 Å². The Morgan fingerprint density at radius 1 is 1.27 bits per heavy atom. The molecule has 26 heavy (non-hydrogen) atoms. The van der Waals surface area contributed by atoms with Crippen molar-refractivity contribution in [1.82, 2.24) is 15.3 Å². The number of nitrogens with one attached hydrogen (secondary N) is 1. The van der Waals surface area contributed by atoms with Crippen molar-refractivity contribution in [2.24, 2.45) is 5.92 Å². The minimum Gasteiger partial charge on any atom is -0.355 e. The third-order valence-corrected chi connectivity index (χ3v) is 4.65. The molecule has 3 rings (SSSR count). The number of benzene rings is 1. The molecule has 0 bridgehead atoms. The molecular weight excluding hydrogens is 338 g/mol. The summed E-state index contributed by atoms with van der Waals surface area (Å²) in [6.07, 6.45) is 8.47. The lowest BCUT2D eigenvalue weighted by Crippen LogP contribution is -2.36. The van der Waals surface area contributed by atoms with E-state index in [2.05, 4.69) is 20.2 Å². The number of piperidine rings is 1. The molecule has 1 fully saturated rings. The third-order valence-electron chi connectivity index (χ3n) is 4.65. The summed E-state index contributed by atoms with van der Waals surface area (Å²) < 4.78 is 26.1. The van der Waals surface area contributed by atoms with E-state index in [4.69, 9.17) is 0 Å². The van der Waals surface area contributed by atoms with Crippen molar-refractivity contribution in [2.75, 3.05) is 18.0 Å². The quantitative estimate of drug-likeness (QED) is 0.860. The molecule has 1 saturated heterocycles. The smallest absolute Gasteiger partial charge is 0.220 e. The number of hydrogen-bond acceptors (Lipinski definition) is 4. The Hall–Kier alpha value is -2.57. The molecule has 1 aromatic heterocycles. The van der Waals surface area contributed by atoms with Crippen LogP contribution in [0.25, 0.3) is 0 Å². The van der Waals surface area contributed by atoms with Crippen molar-refractivity contribution in [2.45, 2.75) is 32.2 Å². The normalized spacial score (nSPS) is 17.2. The van der Waals surface area contributed by atoms with Gasteiger partial charge >= 0.3 is 0 Å². The first kappa shape index (κ1) is 18.2. The maximum atomic E-state index is 13.2. The van der Waals surface area contributed by atoms with Gasteiger partial charge < -0.3 is 10.2 Å². The summed E-state index contributed by atoms with van der Waals surface area (Å²) in [7, 11) is 0. The Kier molecular flexibility index (Phi) is 6.09. The second-order valence-corrected chi connectivity index (χ2v) is 6.58. The van der Waals surface area contributed by atoms with E-state index in [9.17, 15) is 13.6 Å². The van der Waals surface area contributed by atoms with Gasteiger partial charge in [-0.15, -0.1) is 0 Å². The molecule has 5 nitrogen and oxygen atoms in total. The van der Waals surface area contributed by atoms with Crippen LogP contribution in [0, 0.1) is 17.6 Å². The number of carbonyl (C=O) groups is 1. The molecule has 138 valence electrons. The number of anilines is 1. The van der Waals surface area contributed by atoms with Crippen LogP contribution in [0.3, 0.4) is 0 Å². The second-order valence-electron chi connectivity index (χ2n) is 6.58.